The van der Waals surface area contributed by atoms with E-state index in [9.17, 15) is 4.79 Å². The molecule has 1 saturated heterocycles. The number of benzene rings is 2. The van der Waals surface area contributed by atoms with Crippen LogP contribution in [0, 0.1) is 0 Å². The molecule has 30 heavy (non-hydrogen) atoms. The molecule has 8 heteroatoms. The molecule has 0 spiro atoms. The molecule has 0 aliphatic carbocycles. The highest BCUT2D eigenvalue weighted by Gasteiger charge is 2.24. The summed E-state index contributed by atoms with van der Waals surface area (Å²) in [5.41, 5.74) is 2.62. The monoisotopic (exact) mass is 428 g/mol. The van der Waals surface area contributed by atoms with Crippen molar-refractivity contribution in [3.63, 3.8) is 0 Å². The van der Waals surface area contributed by atoms with Crippen LogP contribution >= 0.6 is 12.4 Å². The van der Waals surface area contributed by atoms with Crippen LogP contribution in [0.4, 0.5) is 0 Å². The van der Waals surface area contributed by atoms with Gasteiger partial charge < -0.3 is 20.1 Å². The topological polar surface area (TPSA) is 77.4 Å². The fraction of sp³-hybridized carbons (Fsp3) is 0.273. The number of hydrogen-bond donors (Lipinski definition) is 2. The Hall–Kier alpha value is -3.03. The molecule has 7 nitrogen and oxygen atoms in total. The van der Waals surface area contributed by atoms with Gasteiger partial charge in [-0.05, 0) is 43.3 Å². The molecule has 1 unspecified atom stereocenters. The van der Waals surface area contributed by atoms with Crippen LogP contribution in [-0.4, -0.2) is 49.0 Å². The second-order valence-corrected chi connectivity index (χ2v) is 6.90. The molecule has 3 aromatic rings. The van der Waals surface area contributed by atoms with Gasteiger partial charge >= 0.3 is 0 Å². The van der Waals surface area contributed by atoms with E-state index in [2.05, 4.69) is 10.6 Å². The Labute approximate surface area is 181 Å². The van der Waals surface area contributed by atoms with Crippen LogP contribution in [0.3, 0.4) is 0 Å². The zero-order chi connectivity index (χ0) is 20.2. The number of hydrogen-bond acceptors (Lipinski definition) is 5. The van der Waals surface area contributed by atoms with E-state index in [-0.39, 0.29) is 24.4 Å². The van der Waals surface area contributed by atoms with E-state index in [0.717, 1.165) is 25.2 Å². The number of nitrogens with one attached hydrogen (secondary N) is 2. The van der Waals surface area contributed by atoms with Gasteiger partial charge in [0.05, 0.1) is 25.5 Å². The van der Waals surface area contributed by atoms with Crippen molar-refractivity contribution in [2.75, 3.05) is 27.3 Å². The Morgan fingerprint density at radius 1 is 1.17 bits per heavy atom. The lowest BCUT2D eigenvalue weighted by Gasteiger charge is -2.13. The molecule has 4 rings (SSSR count). The third kappa shape index (κ3) is 4.42. The Balaban J connectivity index is 0.00000256. The molecule has 0 bridgehead atoms. The van der Waals surface area contributed by atoms with Crippen LogP contribution in [-0.2, 0) is 0 Å². The van der Waals surface area contributed by atoms with Crippen LogP contribution in [0.15, 0.2) is 54.7 Å². The third-order valence-corrected chi connectivity index (χ3v) is 5.04. The van der Waals surface area contributed by atoms with Crippen LogP contribution in [0.1, 0.15) is 16.8 Å². The van der Waals surface area contributed by atoms with E-state index in [1.165, 1.54) is 0 Å². The first-order chi connectivity index (χ1) is 14.2. The first kappa shape index (κ1) is 21.7. The molecule has 1 fully saturated rings. The molecule has 1 amide bonds. The maximum atomic E-state index is 13.1. The van der Waals surface area contributed by atoms with Gasteiger partial charge in [-0.2, -0.15) is 5.10 Å². The lowest BCUT2D eigenvalue weighted by Crippen LogP contribution is -2.36. The molecular formula is C22H25ClN4O3. The molecule has 2 aromatic carbocycles. The normalized spacial score (nSPS) is 15.3. The quantitative estimate of drug-likeness (QED) is 0.631. The van der Waals surface area contributed by atoms with Gasteiger partial charge in [-0.25, -0.2) is 4.68 Å². The molecule has 158 valence electrons. The van der Waals surface area contributed by atoms with E-state index in [1.54, 1.807) is 25.1 Å². The van der Waals surface area contributed by atoms with Gasteiger partial charge in [0, 0.05) is 24.3 Å². The van der Waals surface area contributed by atoms with Crippen molar-refractivity contribution >= 4 is 18.3 Å². The number of ether oxygens (including phenoxy) is 2. The lowest BCUT2D eigenvalue weighted by atomic mass is 10.1. The minimum absolute atomic E-state index is 0. The largest absolute Gasteiger partial charge is 0.497 e. The molecule has 0 saturated carbocycles. The number of nitrogens with zero attached hydrogens (tertiary/aromatic N) is 2. The zero-order valence-electron chi connectivity index (χ0n) is 16.9. The van der Waals surface area contributed by atoms with Crippen molar-refractivity contribution in [3.8, 4) is 28.4 Å². The average Bonchev–Trinajstić information content (AvgIpc) is 3.44. The maximum Gasteiger partial charge on any atom is 0.255 e. The van der Waals surface area contributed by atoms with Crippen LogP contribution < -0.4 is 20.1 Å². The Morgan fingerprint density at radius 3 is 2.63 bits per heavy atom. The van der Waals surface area contributed by atoms with Gasteiger partial charge in [0.15, 0.2) is 0 Å². The zero-order valence-corrected chi connectivity index (χ0v) is 17.7. The summed E-state index contributed by atoms with van der Waals surface area (Å²) in [5.74, 6) is 1.14. The molecule has 0 radical (unpaired) electrons. The molecule has 1 aliphatic rings. The summed E-state index contributed by atoms with van der Waals surface area (Å²) >= 11 is 0. The average molecular weight is 429 g/mol. The fourth-order valence-electron chi connectivity index (χ4n) is 3.49. The van der Waals surface area contributed by atoms with Crippen molar-refractivity contribution in [1.82, 2.24) is 20.4 Å². The molecule has 1 aliphatic heterocycles. The second kappa shape index (κ2) is 9.65. The van der Waals surface area contributed by atoms with Crippen molar-refractivity contribution in [3.05, 3.63) is 60.3 Å². The van der Waals surface area contributed by atoms with Crippen LogP contribution in [0.25, 0.3) is 16.9 Å². The maximum absolute atomic E-state index is 13.1. The summed E-state index contributed by atoms with van der Waals surface area (Å²) in [6.07, 6.45) is 2.68. The molecular weight excluding hydrogens is 404 g/mol. The summed E-state index contributed by atoms with van der Waals surface area (Å²) in [6, 6.07) is 15.3. The number of carbonyl (C=O) groups excluding carboxylic acids is 1. The summed E-state index contributed by atoms with van der Waals surface area (Å²) in [6.45, 7) is 1.68. The predicted octanol–water partition coefficient (Wildman–Crippen LogP) is 3.07. The highest BCUT2D eigenvalue weighted by Crippen LogP contribution is 2.35. The number of carbonyl (C=O) groups is 1. The smallest absolute Gasteiger partial charge is 0.255 e. The molecule has 2 heterocycles. The van der Waals surface area contributed by atoms with E-state index in [4.69, 9.17) is 14.6 Å². The van der Waals surface area contributed by atoms with E-state index >= 15 is 0 Å². The van der Waals surface area contributed by atoms with Gasteiger partial charge in [-0.1, -0.05) is 18.2 Å². The van der Waals surface area contributed by atoms with Crippen LogP contribution in [0.5, 0.6) is 11.5 Å². The Morgan fingerprint density at radius 2 is 1.97 bits per heavy atom. The number of methoxy groups -OCH3 is 2. The lowest BCUT2D eigenvalue weighted by molar-refractivity contribution is 0.0940. The number of rotatable bonds is 6. The standard InChI is InChI=1S/C22H24N4O3.ClH/c1-28-17-8-9-20(29-2)18(12-17)21-19(22(27)24-15-10-11-23-13-15)14-26(25-21)16-6-4-3-5-7-16;/h3-9,12,14-15,23H,10-11,13H2,1-2H3,(H,24,27);1H. The number of halogens is 1. The Kier molecular flexibility index (Phi) is 6.97. The minimum atomic E-state index is -0.152. The number of para-hydroxylation sites is 1. The molecule has 1 aromatic heterocycles. The number of aromatic nitrogens is 2. The SMILES string of the molecule is COc1ccc(OC)c(-c2nn(-c3ccccc3)cc2C(=O)NC2CCNC2)c1.Cl. The molecule has 2 N–H and O–H groups in total. The van der Waals surface area contributed by atoms with Gasteiger partial charge in [0.1, 0.15) is 17.2 Å². The Bertz CT molecular complexity index is 1000. The highest BCUT2D eigenvalue weighted by molar-refractivity contribution is 6.00. The summed E-state index contributed by atoms with van der Waals surface area (Å²) in [4.78, 5) is 13.1. The van der Waals surface area contributed by atoms with E-state index in [0.29, 0.717) is 28.3 Å². The van der Waals surface area contributed by atoms with Crippen LogP contribution in [0.2, 0.25) is 0 Å². The van der Waals surface area contributed by atoms with Gasteiger partial charge in [-0.15, -0.1) is 12.4 Å². The van der Waals surface area contributed by atoms with Crippen molar-refractivity contribution in [2.24, 2.45) is 0 Å². The first-order valence-corrected chi connectivity index (χ1v) is 9.58. The minimum Gasteiger partial charge on any atom is -0.497 e. The fourth-order valence-corrected chi connectivity index (χ4v) is 3.49. The summed E-state index contributed by atoms with van der Waals surface area (Å²) in [5, 5.41) is 11.1. The van der Waals surface area contributed by atoms with Crippen molar-refractivity contribution in [1.29, 1.82) is 0 Å². The predicted molar refractivity (Wildman–Crippen MR) is 118 cm³/mol. The van der Waals surface area contributed by atoms with E-state index in [1.807, 2.05) is 48.5 Å². The van der Waals surface area contributed by atoms with E-state index < -0.39 is 0 Å². The van der Waals surface area contributed by atoms with Crippen molar-refractivity contribution < 1.29 is 14.3 Å². The second-order valence-electron chi connectivity index (χ2n) is 6.90. The summed E-state index contributed by atoms with van der Waals surface area (Å²) in [7, 11) is 3.21. The van der Waals surface area contributed by atoms with Gasteiger partial charge in [-0.3, -0.25) is 4.79 Å². The van der Waals surface area contributed by atoms with Gasteiger partial charge in [0.25, 0.3) is 5.91 Å². The third-order valence-electron chi connectivity index (χ3n) is 5.04. The molecule has 1 atom stereocenters. The van der Waals surface area contributed by atoms with Crippen molar-refractivity contribution in [2.45, 2.75) is 12.5 Å². The first-order valence-electron chi connectivity index (χ1n) is 9.58. The number of amides is 1. The highest BCUT2D eigenvalue weighted by atomic mass is 35.5. The van der Waals surface area contributed by atoms with Gasteiger partial charge in [0.2, 0.25) is 0 Å². The summed E-state index contributed by atoms with van der Waals surface area (Å²) < 4.78 is 12.6.